The predicted octanol–water partition coefficient (Wildman–Crippen LogP) is 2.83. The van der Waals surface area contributed by atoms with Gasteiger partial charge in [0.25, 0.3) is 0 Å². The van der Waals surface area contributed by atoms with Crippen molar-refractivity contribution in [3.8, 4) is 0 Å². The summed E-state index contributed by atoms with van der Waals surface area (Å²) in [6.45, 7) is 1.07. The van der Waals surface area contributed by atoms with E-state index >= 15 is 0 Å². The maximum atomic E-state index is 11.2. The number of rotatable bonds is 2. The van der Waals surface area contributed by atoms with Gasteiger partial charge in [-0.1, -0.05) is 30.3 Å². The van der Waals surface area contributed by atoms with Crippen LogP contribution in [0.5, 0.6) is 0 Å². The fourth-order valence-electron chi connectivity index (χ4n) is 1.33. The van der Waals surface area contributed by atoms with Gasteiger partial charge >= 0.3 is 6.09 Å². The lowest BCUT2D eigenvalue weighted by atomic mass is 10.2. The molecule has 3 nitrogen and oxygen atoms in total. The van der Waals surface area contributed by atoms with E-state index in [2.05, 4.69) is 15.9 Å². The van der Waals surface area contributed by atoms with Crippen LogP contribution in [0.3, 0.4) is 0 Å². The molecule has 0 saturated carbocycles. The largest absolute Gasteiger partial charge is 0.447 e. The van der Waals surface area contributed by atoms with E-state index in [4.69, 9.17) is 4.74 Å². The molecular formula is C11H10BrNO2. The van der Waals surface area contributed by atoms with Crippen molar-refractivity contribution in [1.29, 1.82) is 0 Å². The minimum Gasteiger partial charge on any atom is -0.447 e. The molecule has 4 heteroatoms. The first kappa shape index (κ1) is 10.2. The molecule has 0 aliphatic carbocycles. The third kappa shape index (κ3) is 2.39. The van der Waals surface area contributed by atoms with Gasteiger partial charge in [-0.2, -0.15) is 0 Å². The first-order valence-electron chi connectivity index (χ1n) is 4.63. The molecule has 1 fully saturated rings. The van der Waals surface area contributed by atoms with E-state index in [1.54, 1.807) is 11.1 Å². The van der Waals surface area contributed by atoms with Gasteiger partial charge < -0.3 is 4.74 Å². The number of hydrogen-bond acceptors (Lipinski definition) is 2. The quantitative estimate of drug-likeness (QED) is 0.825. The van der Waals surface area contributed by atoms with Crippen molar-refractivity contribution < 1.29 is 9.53 Å². The van der Waals surface area contributed by atoms with Gasteiger partial charge in [0.05, 0.1) is 6.54 Å². The highest BCUT2D eigenvalue weighted by atomic mass is 79.9. The van der Waals surface area contributed by atoms with Gasteiger partial charge in [0.15, 0.2) is 0 Å². The van der Waals surface area contributed by atoms with E-state index in [1.165, 1.54) is 0 Å². The summed E-state index contributed by atoms with van der Waals surface area (Å²) in [6, 6.07) is 9.80. The number of cyclic esters (lactones) is 1. The molecule has 0 atom stereocenters. The Bertz CT molecular complexity index is 389. The zero-order valence-electron chi connectivity index (χ0n) is 8.02. The minimum atomic E-state index is -0.289. The van der Waals surface area contributed by atoms with E-state index in [1.807, 2.05) is 30.3 Å². The highest BCUT2D eigenvalue weighted by Crippen LogP contribution is 2.22. The molecule has 1 saturated heterocycles. The number of nitrogens with zero attached hydrogens (tertiary/aromatic N) is 1. The zero-order chi connectivity index (χ0) is 10.7. The number of ether oxygens (including phenoxy) is 1. The molecule has 0 aromatic heterocycles. The van der Waals surface area contributed by atoms with Crippen LogP contribution >= 0.6 is 15.9 Å². The molecular weight excluding hydrogens is 258 g/mol. The van der Waals surface area contributed by atoms with Gasteiger partial charge in [-0.25, -0.2) is 4.79 Å². The molecule has 78 valence electrons. The van der Waals surface area contributed by atoms with E-state index in [0.717, 1.165) is 10.0 Å². The summed E-state index contributed by atoms with van der Waals surface area (Å²) in [7, 11) is 0. The number of carbonyl (C=O) groups is 1. The summed E-state index contributed by atoms with van der Waals surface area (Å²) < 4.78 is 5.70. The fourth-order valence-corrected chi connectivity index (χ4v) is 1.84. The molecule has 0 radical (unpaired) electrons. The number of benzene rings is 1. The summed E-state index contributed by atoms with van der Waals surface area (Å²) in [4.78, 5) is 12.7. The smallest absolute Gasteiger partial charge is 0.414 e. The fraction of sp³-hybridized carbons (Fsp3) is 0.182. The molecule has 0 unspecified atom stereocenters. The van der Waals surface area contributed by atoms with Crippen LogP contribution < -0.4 is 0 Å². The summed E-state index contributed by atoms with van der Waals surface area (Å²) in [5.74, 6) is 0. The molecule has 1 aliphatic rings. The van der Waals surface area contributed by atoms with Crippen molar-refractivity contribution >= 4 is 26.5 Å². The highest BCUT2D eigenvalue weighted by Gasteiger charge is 2.20. The van der Waals surface area contributed by atoms with Gasteiger partial charge in [-0.3, -0.25) is 4.90 Å². The molecule has 2 rings (SSSR count). The Labute approximate surface area is 96.5 Å². The van der Waals surface area contributed by atoms with Crippen LogP contribution in [0.4, 0.5) is 4.79 Å². The summed E-state index contributed by atoms with van der Waals surface area (Å²) in [5, 5.41) is 0. The minimum absolute atomic E-state index is 0.289. The SMILES string of the molecule is O=C1OCCN1/C=C(/Br)c1ccccc1. The highest BCUT2D eigenvalue weighted by molar-refractivity contribution is 9.15. The lowest BCUT2D eigenvalue weighted by molar-refractivity contribution is 0.166. The van der Waals surface area contributed by atoms with Crippen LogP contribution in [-0.4, -0.2) is 24.1 Å². The Morgan fingerprint density at radius 1 is 1.40 bits per heavy atom. The van der Waals surface area contributed by atoms with E-state index in [0.29, 0.717) is 13.2 Å². The van der Waals surface area contributed by atoms with Gasteiger partial charge in [0.1, 0.15) is 6.61 Å². The molecule has 0 spiro atoms. The number of halogens is 1. The van der Waals surface area contributed by atoms with Crippen molar-refractivity contribution in [1.82, 2.24) is 4.90 Å². The average Bonchev–Trinajstić information content (AvgIpc) is 2.66. The molecule has 15 heavy (non-hydrogen) atoms. The second-order valence-corrected chi connectivity index (χ2v) is 4.01. The summed E-state index contributed by atoms with van der Waals surface area (Å²) in [5.41, 5.74) is 1.04. The van der Waals surface area contributed by atoms with Crippen LogP contribution in [0, 0.1) is 0 Å². The zero-order valence-corrected chi connectivity index (χ0v) is 9.61. The van der Waals surface area contributed by atoms with Crippen molar-refractivity contribution in [3.63, 3.8) is 0 Å². The molecule has 1 aliphatic heterocycles. The summed E-state index contributed by atoms with van der Waals surface area (Å²) in [6.07, 6.45) is 1.47. The Morgan fingerprint density at radius 2 is 2.13 bits per heavy atom. The maximum Gasteiger partial charge on any atom is 0.414 e. The van der Waals surface area contributed by atoms with E-state index in [9.17, 15) is 4.79 Å². The van der Waals surface area contributed by atoms with Gasteiger partial charge in [-0.15, -0.1) is 0 Å². The predicted molar refractivity (Wildman–Crippen MR) is 61.4 cm³/mol. The number of hydrogen-bond donors (Lipinski definition) is 0. The van der Waals surface area contributed by atoms with Gasteiger partial charge in [-0.05, 0) is 21.5 Å². The third-order valence-electron chi connectivity index (χ3n) is 2.11. The van der Waals surface area contributed by atoms with E-state index in [-0.39, 0.29) is 6.09 Å². The van der Waals surface area contributed by atoms with Crippen LogP contribution in [0.15, 0.2) is 36.5 Å². The van der Waals surface area contributed by atoms with Crippen LogP contribution in [0.1, 0.15) is 5.56 Å². The Kier molecular flexibility index (Phi) is 3.06. The molecule has 1 aromatic rings. The molecule has 1 heterocycles. The van der Waals surface area contributed by atoms with Crippen molar-refractivity contribution in [2.75, 3.05) is 13.2 Å². The topological polar surface area (TPSA) is 29.5 Å². The van der Waals surface area contributed by atoms with E-state index < -0.39 is 0 Å². The molecule has 0 N–H and O–H groups in total. The molecule has 1 aromatic carbocycles. The van der Waals surface area contributed by atoms with Crippen LogP contribution in [0.2, 0.25) is 0 Å². The lowest BCUT2D eigenvalue weighted by Gasteiger charge is -2.07. The number of carbonyl (C=O) groups excluding carboxylic acids is 1. The van der Waals surface area contributed by atoms with Gasteiger partial charge in [0, 0.05) is 10.7 Å². The van der Waals surface area contributed by atoms with Crippen molar-refractivity contribution in [2.45, 2.75) is 0 Å². The molecule has 0 bridgehead atoms. The summed E-state index contributed by atoms with van der Waals surface area (Å²) >= 11 is 3.44. The van der Waals surface area contributed by atoms with Gasteiger partial charge in [0.2, 0.25) is 0 Å². The standard InChI is InChI=1S/C11H10BrNO2/c12-10(9-4-2-1-3-5-9)8-13-6-7-15-11(13)14/h1-5,8H,6-7H2/b10-8+. The average molecular weight is 268 g/mol. The lowest BCUT2D eigenvalue weighted by Crippen LogP contribution is -2.17. The van der Waals surface area contributed by atoms with Crippen molar-refractivity contribution in [3.05, 3.63) is 42.1 Å². The number of amides is 1. The van der Waals surface area contributed by atoms with Crippen LogP contribution in [0.25, 0.3) is 4.48 Å². The second-order valence-electron chi connectivity index (χ2n) is 3.15. The monoisotopic (exact) mass is 267 g/mol. The second kappa shape index (κ2) is 4.49. The Hall–Kier alpha value is -1.29. The Morgan fingerprint density at radius 3 is 2.73 bits per heavy atom. The first-order chi connectivity index (χ1) is 7.27. The normalized spacial score (nSPS) is 16.7. The van der Waals surface area contributed by atoms with Crippen LogP contribution in [-0.2, 0) is 4.74 Å². The molecule has 1 amide bonds. The third-order valence-corrected chi connectivity index (χ3v) is 2.77. The maximum absolute atomic E-state index is 11.2. The first-order valence-corrected chi connectivity index (χ1v) is 5.43. The Balaban J connectivity index is 2.17. The van der Waals surface area contributed by atoms with Crippen molar-refractivity contribution in [2.24, 2.45) is 0 Å².